The second-order valence-corrected chi connectivity index (χ2v) is 6.27. The average Bonchev–Trinajstić information content (AvgIpc) is 3.01. The van der Waals surface area contributed by atoms with E-state index in [9.17, 15) is 9.18 Å². The van der Waals surface area contributed by atoms with Gasteiger partial charge in [0.05, 0.1) is 11.9 Å². The van der Waals surface area contributed by atoms with E-state index in [1.54, 1.807) is 0 Å². The first-order valence-electron chi connectivity index (χ1n) is 7.85. The summed E-state index contributed by atoms with van der Waals surface area (Å²) in [6.45, 7) is 3.54. The van der Waals surface area contributed by atoms with Gasteiger partial charge in [-0.15, -0.1) is 11.3 Å². The number of aryl methyl sites for hydroxylation is 2. The molecule has 0 amide bonds. The first-order valence-corrected chi connectivity index (χ1v) is 8.73. The van der Waals surface area contributed by atoms with E-state index >= 15 is 0 Å². The number of aromatic nitrogens is 2. The fraction of sp³-hybridized carbons (Fsp3) is 0.333. The van der Waals surface area contributed by atoms with E-state index in [1.165, 1.54) is 21.5 Å². The fourth-order valence-electron chi connectivity index (χ4n) is 2.78. The summed E-state index contributed by atoms with van der Waals surface area (Å²) < 4.78 is 14.3. The van der Waals surface area contributed by atoms with Crippen molar-refractivity contribution in [1.82, 2.24) is 9.55 Å². The van der Waals surface area contributed by atoms with E-state index < -0.39 is 6.67 Å². The maximum absolute atomic E-state index is 12.8. The summed E-state index contributed by atoms with van der Waals surface area (Å²) in [5.41, 5.74) is 3.01. The fourth-order valence-corrected chi connectivity index (χ4v) is 3.74. The largest absolute Gasteiger partial charge is 0.293 e. The Kier molecular flexibility index (Phi) is 4.57. The molecule has 5 heteroatoms. The number of rotatable bonds is 5. The van der Waals surface area contributed by atoms with Gasteiger partial charge in [-0.1, -0.05) is 38.1 Å². The lowest BCUT2D eigenvalue weighted by molar-refractivity contribution is 0.432. The van der Waals surface area contributed by atoms with Crippen LogP contribution in [0.15, 0.2) is 34.4 Å². The smallest absolute Gasteiger partial charge is 0.262 e. The average molecular weight is 330 g/mol. The Morgan fingerprint density at radius 3 is 2.52 bits per heavy atom. The van der Waals surface area contributed by atoms with Gasteiger partial charge in [-0.2, -0.15) is 0 Å². The molecule has 0 spiro atoms. The van der Waals surface area contributed by atoms with Gasteiger partial charge in [0.25, 0.3) is 5.56 Å². The summed E-state index contributed by atoms with van der Waals surface area (Å²) in [5.74, 6) is 0.648. The molecule has 0 saturated heterocycles. The molecule has 0 aliphatic rings. The van der Waals surface area contributed by atoms with Gasteiger partial charge in [-0.3, -0.25) is 9.36 Å². The highest BCUT2D eigenvalue weighted by molar-refractivity contribution is 7.17. The normalized spacial score (nSPS) is 11.3. The van der Waals surface area contributed by atoms with Crippen molar-refractivity contribution in [3.05, 3.63) is 51.4 Å². The SMILES string of the molecule is CCc1ccc(-c2csc3nc(CC)n(CCF)c(=O)c23)cc1. The number of fused-ring (bicyclic) bond motifs is 1. The van der Waals surface area contributed by atoms with Crippen molar-refractivity contribution < 1.29 is 4.39 Å². The van der Waals surface area contributed by atoms with Crippen molar-refractivity contribution in [3.63, 3.8) is 0 Å². The van der Waals surface area contributed by atoms with Crippen LogP contribution in [0.2, 0.25) is 0 Å². The lowest BCUT2D eigenvalue weighted by atomic mass is 10.0. The van der Waals surface area contributed by atoms with Crippen LogP contribution in [0, 0.1) is 0 Å². The van der Waals surface area contributed by atoms with Gasteiger partial charge in [-0.05, 0) is 17.5 Å². The van der Waals surface area contributed by atoms with E-state index in [1.807, 2.05) is 24.4 Å². The van der Waals surface area contributed by atoms with Crippen LogP contribution in [0.1, 0.15) is 25.2 Å². The lowest BCUT2D eigenvalue weighted by Crippen LogP contribution is -2.25. The van der Waals surface area contributed by atoms with Gasteiger partial charge in [0, 0.05) is 17.4 Å². The van der Waals surface area contributed by atoms with Crippen molar-refractivity contribution in [2.75, 3.05) is 6.67 Å². The third-order valence-corrected chi connectivity index (χ3v) is 4.94. The zero-order chi connectivity index (χ0) is 16.4. The molecule has 0 saturated carbocycles. The Morgan fingerprint density at radius 1 is 1.17 bits per heavy atom. The topological polar surface area (TPSA) is 34.9 Å². The van der Waals surface area contributed by atoms with Crippen LogP contribution in [0.5, 0.6) is 0 Å². The summed E-state index contributed by atoms with van der Waals surface area (Å²) in [4.78, 5) is 18.1. The lowest BCUT2D eigenvalue weighted by Gasteiger charge is -2.10. The molecule has 0 aliphatic carbocycles. The number of thiophene rings is 1. The molecule has 1 aromatic carbocycles. The minimum Gasteiger partial charge on any atom is -0.293 e. The quantitative estimate of drug-likeness (QED) is 0.702. The van der Waals surface area contributed by atoms with Gasteiger partial charge >= 0.3 is 0 Å². The molecule has 3 rings (SSSR count). The van der Waals surface area contributed by atoms with E-state index in [0.29, 0.717) is 17.6 Å². The van der Waals surface area contributed by atoms with Gasteiger partial charge in [0.15, 0.2) is 0 Å². The minimum absolute atomic E-state index is 0.0645. The number of alkyl halides is 1. The number of benzene rings is 1. The summed E-state index contributed by atoms with van der Waals surface area (Å²) in [6, 6.07) is 8.22. The van der Waals surface area contributed by atoms with Crippen molar-refractivity contribution in [3.8, 4) is 11.1 Å². The summed E-state index contributed by atoms with van der Waals surface area (Å²) in [7, 11) is 0. The number of hydrogen-bond donors (Lipinski definition) is 0. The molecular formula is C18H19FN2OS. The van der Waals surface area contributed by atoms with E-state index in [2.05, 4.69) is 24.0 Å². The second-order valence-electron chi connectivity index (χ2n) is 5.41. The molecule has 23 heavy (non-hydrogen) atoms. The summed E-state index contributed by atoms with van der Waals surface area (Å²) >= 11 is 1.47. The third kappa shape index (κ3) is 2.81. The number of hydrogen-bond acceptors (Lipinski definition) is 3. The van der Waals surface area contributed by atoms with Crippen molar-refractivity contribution >= 4 is 21.6 Å². The highest BCUT2D eigenvalue weighted by Gasteiger charge is 2.16. The standard InChI is InChI=1S/C18H19FN2OS/c1-3-12-5-7-13(8-6-12)14-11-23-17-16(14)18(22)21(10-9-19)15(4-2)20-17/h5-8,11H,3-4,9-10H2,1-2H3. The molecule has 120 valence electrons. The summed E-state index contributed by atoms with van der Waals surface area (Å²) in [6.07, 6.45) is 1.60. The van der Waals surface area contributed by atoms with Crippen molar-refractivity contribution in [2.45, 2.75) is 33.2 Å². The van der Waals surface area contributed by atoms with Crippen LogP contribution in [0.4, 0.5) is 4.39 Å². The second kappa shape index (κ2) is 6.62. The van der Waals surface area contributed by atoms with Crippen LogP contribution in [-0.2, 0) is 19.4 Å². The van der Waals surface area contributed by atoms with Gasteiger partial charge in [0.1, 0.15) is 17.3 Å². The zero-order valence-electron chi connectivity index (χ0n) is 13.3. The molecule has 0 bridgehead atoms. The molecule has 0 N–H and O–H groups in total. The van der Waals surface area contributed by atoms with E-state index in [4.69, 9.17) is 0 Å². The molecule has 0 unspecified atom stereocenters. The molecule has 0 radical (unpaired) electrons. The maximum Gasteiger partial charge on any atom is 0.262 e. The van der Waals surface area contributed by atoms with Crippen LogP contribution in [-0.4, -0.2) is 16.2 Å². The molecule has 0 atom stereocenters. The predicted molar refractivity (Wildman–Crippen MR) is 94.0 cm³/mol. The Bertz CT molecular complexity index is 880. The Morgan fingerprint density at radius 2 is 1.91 bits per heavy atom. The first kappa shape index (κ1) is 15.9. The molecule has 0 aliphatic heterocycles. The molecular weight excluding hydrogens is 311 g/mol. The Hall–Kier alpha value is -2.01. The highest BCUT2D eigenvalue weighted by Crippen LogP contribution is 2.31. The molecule has 3 aromatic rings. The van der Waals surface area contributed by atoms with Crippen LogP contribution in [0.25, 0.3) is 21.3 Å². The van der Waals surface area contributed by atoms with E-state index in [-0.39, 0.29) is 12.1 Å². The minimum atomic E-state index is -0.565. The van der Waals surface area contributed by atoms with Gasteiger partial charge < -0.3 is 0 Å². The van der Waals surface area contributed by atoms with Crippen LogP contribution in [0.3, 0.4) is 0 Å². The summed E-state index contributed by atoms with van der Waals surface area (Å²) in [5, 5.41) is 2.57. The van der Waals surface area contributed by atoms with E-state index in [0.717, 1.165) is 22.4 Å². The Balaban J connectivity index is 2.22. The van der Waals surface area contributed by atoms with Crippen molar-refractivity contribution in [1.29, 1.82) is 0 Å². The van der Waals surface area contributed by atoms with Gasteiger partial charge in [-0.25, -0.2) is 9.37 Å². The molecule has 2 heterocycles. The molecule has 2 aromatic heterocycles. The maximum atomic E-state index is 12.8. The third-order valence-electron chi connectivity index (χ3n) is 4.07. The first-order chi connectivity index (χ1) is 11.2. The number of nitrogens with zero attached hydrogens (tertiary/aromatic N) is 2. The van der Waals surface area contributed by atoms with Gasteiger partial charge in [0.2, 0.25) is 0 Å². The van der Waals surface area contributed by atoms with Crippen LogP contribution < -0.4 is 5.56 Å². The highest BCUT2D eigenvalue weighted by atomic mass is 32.1. The van der Waals surface area contributed by atoms with Crippen molar-refractivity contribution in [2.24, 2.45) is 0 Å². The number of halogens is 1. The monoisotopic (exact) mass is 330 g/mol. The predicted octanol–water partition coefficient (Wildman–Crippen LogP) is 4.22. The molecule has 3 nitrogen and oxygen atoms in total. The Labute approximate surface area is 138 Å². The van der Waals surface area contributed by atoms with Crippen LogP contribution >= 0.6 is 11.3 Å². The zero-order valence-corrected chi connectivity index (χ0v) is 14.1. The molecule has 0 fully saturated rings.